The standard InChI is InChI=1S/C72H139NO5/c1-3-5-7-9-11-13-15-17-18-19-20-28-31-34-37-41-44-48-52-56-60-64-70(75)69(68-74)73-71(76)65-61-57-53-49-45-42-38-35-32-29-26-24-22-21-23-25-27-30-33-36-39-43-47-51-55-59-63-67-78-72(77)66-62-58-54-50-46-40-16-14-12-10-8-6-4-2/h14,16,21-22,69-70,74-75H,3-13,15,17-20,23-68H2,1-2H3,(H,73,76)/b16-14-,22-21-. The van der Waals surface area contributed by atoms with Gasteiger partial charge in [-0.15, -0.1) is 0 Å². The number of rotatable bonds is 67. The molecule has 2 atom stereocenters. The van der Waals surface area contributed by atoms with E-state index in [0.29, 0.717) is 25.9 Å². The average molecular weight is 1100 g/mol. The highest BCUT2D eigenvalue weighted by molar-refractivity contribution is 5.76. The van der Waals surface area contributed by atoms with Crippen LogP contribution < -0.4 is 5.32 Å². The molecule has 78 heavy (non-hydrogen) atoms. The number of nitrogens with one attached hydrogen (secondary N) is 1. The van der Waals surface area contributed by atoms with Crippen molar-refractivity contribution in [1.29, 1.82) is 0 Å². The number of hydrogen-bond donors (Lipinski definition) is 3. The molecule has 6 heteroatoms. The van der Waals surface area contributed by atoms with Gasteiger partial charge in [-0.05, 0) is 77.0 Å². The topological polar surface area (TPSA) is 95.9 Å². The summed E-state index contributed by atoms with van der Waals surface area (Å²) < 4.78 is 5.48. The van der Waals surface area contributed by atoms with Gasteiger partial charge in [-0.1, -0.05) is 334 Å². The first-order valence-electron chi connectivity index (χ1n) is 35.6. The van der Waals surface area contributed by atoms with E-state index in [1.165, 1.54) is 321 Å². The van der Waals surface area contributed by atoms with E-state index in [9.17, 15) is 19.8 Å². The lowest BCUT2D eigenvalue weighted by Gasteiger charge is -2.22. The van der Waals surface area contributed by atoms with E-state index in [1.54, 1.807) is 0 Å². The minimum atomic E-state index is -0.666. The Bertz CT molecular complexity index is 1220. The molecule has 6 nitrogen and oxygen atoms in total. The molecule has 0 aromatic rings. The number of esters is 1. The molecule has 3 N–H and O–H groups in total. The van der Waals surface area contributed by atoms with Gasteiger partial charge in [0.25, 0.3) is 0 Å². The lowest BCUT2D eigenvalue weighted by Crippen LogP contribution is -2.45. The number of carbonyl (C=O) groups excluding carboxylic acids is 2. The van der Waals surface area contributed by atoms with Gasteiger partial charge in [0.1, 0.15) is 0 Å². The van der Waals surface area contributed by atoms with Crippen molar-refractivity contribution in [3.8, 4) is 0 Å². The Kier molecular flexibility index (Phi) is 66.4. The second-order valence-electron chi connectivity index (χ2n) is 24.6. The van der Waals surface area contributed by atoms with Crippen LogP contribution in [0.5, 0.6) is 0 Å². The van der Waals surface area contributed by atoms with E-state index in [-0.39, 0.29) is 18.5 Å². The van der Waals surface area contributed by atoms with Gasteiger partial charge in [-0.2, -0.15) is 0 Å². The molecule has 2 unspecified atom stereocenters. The van der Waals surface area contributed by atoms with Gasteiger partial charge in [-0.3, -0.25) is 9.59 Å². The Hall–Kier alpha value is -1.66. The highest BCUT2D eigenvalue weighted by Crippen LogP contribution is 2.19. The normalized spacial score (nSPS) is 12.6. The van der Waals surface area contributed by atoms with Crippen LogP contribution in [0.25, 0.3) is 0 Å². The molecule has 1 amide bonds. The third-order valence-electron chi connectivity index (χ3n) is 16.7. The van der Waals surface area contributed by atoms with Gasteiger partial charge >= 0.3 is 5.97 Å². The summed E-state index contributed by atoms with van der Waals surface area (Å²) in [7, 11) is 0. The highest BCUT2D eigenvalue weighted by atomic mass is 16.5. The maximum Gasteiger partial charge on any atom is 0.305 e. The summed E-state index contributed by atoms with van der Waals surface area (Å²) in [5.74, 6) is -0.0248. The van der Waals surface area contributed by atoms with E-state index < -0.39 is 12.1 Å². The Morgan fingerprint density at radius 3 is 0.923 bits per heavy atom. The van der Waals surface area contributed by atoms with Crippen LogP contribution >= 0.6 is 0 Å². The molecule has 0 aromatic heterocycles. The summed E-state index contributed by atoms with van der Waals surface area (Å²) in [6, 6.07) is -0.543. The molecule has 0 aliphatic rings. The van der Waals surface area contributed by atoms with E-state index in [4.69, 9.17) is 4.74 Å². The zero-order chi connectivity index (χ0) is 56.4. The fourth-order valence-corrected chi connectivity index (χ4v) is 11.3. The maximum absolute atomic E-state index is 12.5. The predicted molar refractivity (Wildman–Crippen MR) is 343 cm³/mol. The van der Waals surface area contributed by atoms with Gasteiger partial charge in [0.05, 0.1) is 25.4 Å². The number of ether oxygens (including phenoxy) is 1. The number of carbonyl (C=O) groups is 2. The summed E-state index contributed by atoms with van der Waals surface area (Å²) in [5, 5.41) is 23.4. The molecule has 0 radical (unpaired) electrons. The Labute approximate surface area is 488 Å². The van der Waals surface area contributed by atoms with Crippen LogP contribution in [0.2, 0.25) is 0 Å². The highest BCUT2D eigenvalue weighted by Gasteiger charge is 2.20. The lowest BCUT2D eigenvalue weighted by molar-refractivity contribution is -0.143. The SMILES string of the molecule is CCCCCC/C=C\CCCCCCCC(=O)OCCCCCCCCCCCCCC/C=C\CCCCCCCCCCCCCC(=O)NC(CO)C(O)CCCCCCCCCCCCCCCCCCCCCCC. The zero-order valence-corrected chi connectivity index (χ0v) is 52.9. The first-order valence-corrected chi connectivity index (χ1v) is 35.6. The van der Waals surface area contributed by atoms with Crippen molar-refractivity contribution in [3.05, 3.63) is 24.3 Å². The second kappa shape index (κ2) is 67.8. The fraction of sp³-hybridized carbons (Fsp3) is 0.917. The Balaban J connectivity index is 3.39. The summed E-state index contributed by atoms with van der Waals surface area (Å²) in [6.07, 6.45) is 85.1. The van der Waals surface area contributed by atoms with Crippen LogP contribution in [0.1, 0.15) is 399 Å². The number of amides is 1. The lowest BCUT2D eigenvalue weighted by atomic mass is 10.0. The van der Waals surface area contributed by atoms with Crippen LogP contribution in [0.15, 0.2) is 24.3 Å². The molecule has 0 saturated carbocycles. The smallest absolute Gasteiger partial charge is 0.305 e. The van der Waals surface area contributed by atoms with Gasteiger partial charge in [-0.25, -0.2) is 0 Å². The number of aliphatic hydroxyl groups excluding tert-OH is 2. The third kappa shape index (κ3) is 63.5. The van der Waals surface area contributed by atoms with Gasteiger partial charge in [0.2, 0.25) is 5.91 Å². The number of allylic oxidation sites excluding steroid dienone is 4. The maximum atomic E-state index is 12.5. The largest absolute Gasteiger partial charge is 0.466 e. The van der Waals surface area contributed by atoms with Crippen molar-refractivity contribution in [2.45, 2.75) is 411 Å². The second-order valence-corrected chi connectivity index (χ2v) is 24.6. The molecule has 462 valence electrons. The van der Waals surface area contributed by atoms with E-state index in [1.807, 2.05) is 0 Å². The van der Waals surface area contributed by atoms with Crippen LogP contribution in [-0.4, -0.2) is 47.4 Å². The first-order chi connectivity index (χ1) is 38.5. The van der Waals surface area contributed by atoms with Crippen LogP contribution in [0.4, 0.5) is 0 Å². The van der Waals surface area contributed by atoms with Crippen LogP contribution in [0, 0.1) is 0 Å². The minimum absolute atomic E-state index is 0.00657. The molecule has 0 spiro atoms. The predicted octanol–water partition coefficient (Wildman–Crippen LogP) is 22.9. The summed E-state index contributed by atoms with van der Waals surface area (Å²) in [4.78, 5) is 24.6. The number of hydrogen-bond acceptors (Lipinski definition) is 5. The van der Waals surface area contributed by atoms with Gasteiger partial charge < -0.3 is 20.3 Å². The molecule has 0 aliphatic carbocycles. The molecular formula is C72H139NO5. The Morgan fingerprint density at radius 2 is 0.603 bits per heavy atom. The van der Waals surface area contributed by atoms with Gasteiger partial charge in [0, 0.05) is 12.8 Å². The molecule has 0 heterocycles. The molecule has 0 saturated heterocycles. The Morgan fingerprint density at radius 1 is 0.346 bits per heavy atom. The zero-order valence-electron chi connectivity index (χ0n) is 52.9. The van der Waals surface area contributed by atoms with Crippen molar-refractivity contribution in [1.82, 2.24) is 5.32 Å². The van der Waals surface area contributed by atoms with Crippen molar-refractivity contribution < 1.29 is 24.5 Å². The quantitative estimate of drug-likeness (QED) is 0.0320. The first kappa shape index (κ1) is 76.3. The molecule has 0 aliphatic heterocycles. The fourth-order valence-electron chi connectivity index (χ4n) is 11.3. The molecule has 0 bridgehead atoms. The number of unbranched alkanes of at least 4 members (excludes halogenated alkanes) is 52. The summed E-state index contributed by atoms with van der Waals surface area (Å²) in [6.45, 7) is 4.97. The summed E-state index contributed by atoms with van der Waals surface area (Å²) in [5.41, 5.74) is 0. The molecule has 0 rings (SSSR count). The average Bonchev–Trinajstić information content (AvgIpc) is 3.44. The number of aliphatic hydroxyl groups is 2. The van der Waals surface area contributed by atoms with Crippen LogP contribution in [-0.2, 0) is 14.3 Å². The third-order valence-corrected chi connectivity index (χ3v) is 16.7. The van der Waals surface area contributed by atoms with E-state index in [0.717, 1.165) is 44.9 Å². The van der Waals surface area contributed by atoms with Crippen molar-refractivity contribution in [2.24, 2.45) is 0 Å². The van der Waals surface area contributed by atoms with E-state index in [2.05, 4.69) is 43.5 Å². The van der Waals surface area contributed by atoms with Crippen LogP contribution in [0.3, 0.4) is 0 Å². The minimum Gasteiger partial charge on any atom is -0.466 e. The molecule has 0 fully saturated rings. The molecular weight excluding hydrogens is 959 g/mol. The van der Waals surface area contributed by atoms with E-state index >= 15 is 0 Å². The van der Waals surface area contributed by atoms with Gasteiger partial charge in [0.15, 0.2) is 0 Å². The summed E-state index contributed by atoms with van der Waals surface area (Å²) >= 11 is 0. The molecule has 0 aromatic carbocycles. The van der Waals surface area contributed by atoms with Crippen molar-refractivity contribution >= 4 is 11.9 Å². The van der Waals surface area contributed by atoms with Crippen molar-refractivity contribution in [2.75, 3.05) is 13.2 Å². The monoisotopic (exact) mass is 1100 g/mol. The van der Waals surface area contributed by atoms with Crippen molar-refractivity contribution in [3.63, 3.8) is 0 Å².